The zero-order valence-corrected chi connectivity index (χ0v) is 15.2. The Morgan fingerprint density at radius 1 is 0.963 bits per heavy atom. The molecule has 1 aliphatic rings. The molecule has 0 saturated carbocycles. The quantitative estimate of drug-likeness (QED) is 0.534. The Bertz CT molecular complexity index is 872. The van der Waals surface area contributed by atoms with E-state index in [4.69, 9.17) is 0 Å². The molecular weight excluding hydrogens is 340 g/mol. The minimum absolute atomic E-state index is 0.0470. The van der Waals surface area contributed by atoms with Gasteiger partial charge in [-0.25, -0.2) is 0 Å². The van der Waals surface area contributed by atoms with E-state index in [-0.39, 0.29) is 30.7 Å². The number of amides is 3. The topological polar surface area (TPSA) is 57.7 Å². The number of rotatable bonds is 8. The molecule has 1 heterocycles. The van der Waals surface area contributed by atoms with Gasteiger partial charge < -0.3 is 4.90 Å². The molecule has 2 aromatic rings. The van der Waals surface area contributed by atoms with Gasteiger partial charge in [-0.05, 0) is 23.9 Å². The Morgan fingerprint density at radius 3 is 2.04 bits per heavy atom. The van der Waals surface area contributed by atoms with E-state index in [1.807, 2.05) is 24.3 Å². The second-order valence-corrected chi connectivity index (χ2v) is 6.45. The Hall–Kier alpha value is -3.21. The molecule has 5 heteroatoms. The third-order valence-electron chi connectivity index (χ3n) is 4.68. The maximum Gasteiger partial charge on any atom is 0.261 e. The largest absolute Gasteiger partial charge is 0.335 e. The molecule has 5 nitrogen and oxygen atoms in total. The van der Waals surface area contributed by atoms with E-state index in [1.54, 1.807) is 29.2 Å². The summed E-state index contributed by atoms with van der Waals surface area (Å²) in [5.74, 6) is -0.647. The monoisotopic (exact) mass is 362 g/mol. The highest BCUT2D eigenvalue weighted by Gasteiger charge is 2.32. The van der Waals surface area contributed by atoms with Crippen LogP contribution in [0.25, 0.3) is 10.8 Å². The summed E-state index contributed by atoms with van der Waals surface area (Å²) < 4.78 is 0. The number of carbonyl (C=O) groups is 3. The highest BCUT2D eigenvalue weighted by molar-refractivity contribution is 6.25. The van der Waals surface area contributed by atoms with Crippen LogP contribution in [0.4, 0.5) is 0 Å². The fraction of sp³-hybridized carbons (Fsp3) is 0.227. The van der Waals surface area contributed by atoms with E-state index in [0.717, 1.165) is 5.39 Å². The maximum atomic E-state index is 12.8. The summed E-state index contributed by atoms with van der Waals surface area (Å²) in [6.07, 6.45) is 4.00. The molecule has 2 aromatic carbocycles. The molecule has 0 atom stereocenters. The minimum Gasteiger partial charge on any atom is -0.335 e. The van der Waals surface area contributed by atoms with Crippen LogP contribution in [0.1, 0.15) is 33.6 Å². The summed E-state index contributed by atoms with van der Waals surface area (Å²) in [5, 5.41) is 1.59. The van der Waals surface area contributed by atoms with Gasteiger partial charge in [-0.2, -0.15) is 0 Å². The van der Waals surface area contributed by atoms with E-state index < -0.39 is 0 Å². The van der Waals surface area contributed by atoms with E-state index >= 15 is 0 Å². The van der Waals surface area contributed by atoms with Crippen LogP contribution in [0.15, 0.2) is 61.7 Å². The van der Waals surface area contributed by atoms with Crippen molar-refractivity contribution in [2.24, 2.45) is 0 Å². The van der Waals surface area contributed by atoms with Crippen LogP contribution in [0, 0.1) is 0 Å². The maximum absolute atomic E-state index is 12.8. The van der Waals surface area contributed by atoms with Crippen molar-refractivity contribution >= 4 is 28.5 Å². The van der Waals surface area contributed by atoms with Crippen LogP contribution in [-0.2, 0) is 4.79 Å². The zero-order valence-electron chi connectivity index (χ0n) is 15.2. The molecule has 0 bridgehead atoms. The van der Waals surface area contributed by atoms with E-state index in [9.17, 15) is 14.4 Å². The first-order valence-corrected chi connectivity index (χ1v) is 8.96. The lowest BCUT2D eigenvalue weighted by molar-refractivity contribution is -0.130. The standard InChI is InChI=1S/C22H22N2O3/c1-3-13-23(14-4-2)19(25)12-7-15-24-21(26)17-10-5-8-16-9-6-11-18(20(16)17)22(24)27/h3-6,8-11H,1-2,7,12-15H2. The zero-order chi connectivity index (χ0) is 19.4. The van der Waals surface area contributed by atoms with Gasteiger partial charge in [-0.3, -0.25) is 19.3 Å². The Labute approximate surface area is 158 Å². The number of imide groups is 1. The first-order chi connectivity index (χ1) is 13.1. The smallest absolute Gasteiger partial charge is 0.261 e. The molecule has 0 radical (unpaired) electrons. The van der Waals surface area contributed by atoms with Gasteiger partial charge in [0.15, 0.2) is 0 Å². The van der Waals surface area contributed by atoms with Crippen molar-refractivity contribution in [3.63, 3.8) is 0 Å². The van der Waals surface area contributed by atoms with Crippen molar-refractivity contribution in [1.29, 1.82) is 0 Å². The molecule has 27 heavy (non-hydrogen) atoms. The molecule has 0 saturated heterocycles. The Kier molecular flexibility index (Phi) is 5.50. The van der Waals surface area contributed by atoms with Crippen LogP contribution in [-0.4, -0.2) is 47.2 Å². The normalized spacial score (nSPS) is 13.0. The third-order valence-corrected chi connectivity index (χ3v) is 4.68. The highest BCUT2D eigenvalue weighted by atomic mass is 16.2. The SMILES string of the molecule is C=CCN(CC=C)C(=O)CCCN1C(=O)c2cccc3cccc(c23)C1=O. The predicted molar refractivity (Wildman–Crippen MR) is 106 cm³/mol. The lowest BCUT2D eigenvalue weighted by atomic mass is 9.94. The lowest BCUT2D eigenvalue weighted by Crippen LogP contribution is -2.41. The molecular formula is C22H22N2O3. The predicted octanol–water partition coefficient (Wildman–Crippen LogP) is 3.42. The molecule has 0 N–H and O–H groups in total. The van der Waals surface area contributed by atoms with E-state index in [1.165, 1.54) is 4.90 Å². The molecule has 0 aliphatic carbocycles. The molecule has 3 rings (SSSR count). The summed E-state index contributed by atoms with van der Waals surface area (Å²) in [7, 11) is 0. The second kappa shape index (κ2) is 7.99. The number of benzene rings is 2. The molecule has 138 valence electrons. The molecule has 3 amide bonds. The van der Waals surface area contributed by atoms with Crippen LogP contribution in [0.3, 0.4) is 0 Å². The van der Waals surface area contributed by atoms with Crippen molar-refractivity contribution in [2.75, 3.05) is 19.6 Å². The van der Waals surface area contributed by atoms with Gasteiger partial charge in [0.05, 0.1) is 0 Å². The number of hydrogen-bond acceptors (Lipinski definition) is 3. The number of carbonyl (C=O) groups excluding carboxylic acids is 3. The van der Waals surface area contributed by atoms with Crippen LogP contribution < -0.4 is 0 Å². The van der Waals surface area contributed by atoms with Gasteiger partial charge >= 0.3 is 0 Å². The highest BCUT2D eigenvalue weighted by Crippen LogP contribution is 2.30. The van der Waals surface area contributed by atoms with E-state index in [0.29, 0.717) is 36.0 Å². The Balaban J connectivity index is 1.73. The fourth-order valence-electron chi connectivity index (χ4n) is 3.42. The molecule has 0 spiro atoms. The molecule has 0 fully saturated rings. The van der Waals surface area contributed by atoms with Crippen molar-refractivity contribution in [2.45, 2.75) is 12.8 Å². The summed E-state index contributed by atoms with van der Waals surface area (Å²) in [6.45, 7) is 8.41. The Morgan fingerprint density at radius 2 is 1.52 bits per heavy atom. The molecule has 1 aliphatic heterocycles. The summed E-state index contributed by atoms with van der Waals surface area (Å²) in [4.78, 5) is 40.8. The summed E-state index contributed by atoms with van der Waals surface area (Å²) >= 11 is 0. The van der Waals surface area contributed by atoms with Crippen molar-refractivity contribution in [3.8, 4) is 0 Å². The molecule has 0 aromatic heterocycles. The average Bonchev–Trinajstić information content (AvgIpc) is 2.68. The lowest BCUT2D eigenvalue weighted by Gasteiger charge is -2.27. The minimum atomic E-state index is -0.300. The van der Waals surface area contributed by atoms with Crippen molar-refractivity contribution in [1.82, 2.24) is 9.80 Å². The first kappa shape index (κ1) is 18.6. The van der Waals surface area contributed by atoms with E-state index in [2.05, 4.69) is 13.2 Å². The number of hydrogen-bond donors (Lipinski definition) is 0. The summed E-state index contributed by atoms with van der Waals surface area (Å²) in [5.41, 5.74) is 1.07. The van der Waals surface area contributed by atoms with Crippen molar-refractivity contribution in [3.05, 3.63) is 72.8 Å². The average molecular weight is 362 g/mol. The first-order valence-electron chi connectivity index (χ1n) is 8.96. The van der Waals surface area contributed by atoms with Crippen molar-refractivity contribution < 1.29 is 14.4 Å². The molecule has 0 unspecified atom stereocenters. The van der Waals surface area contributed by atoms with Crippen LogP contribution >= 0.6 is 0 Å². The third kappa shape index (κ3) is 3.53. The van der Waals surface area contributed by atoms with Gasteiger partial charge in [0.2, 0.25) is 5.91 Å². The summed E-state index contributed by atoms with van der Waals surface area (Å²) in [6, 6.07) is 10.9. The van der Waals surface area contributed by atoms with Gasteiger partial charge in [-0.1, -0.05) is 36.4 Å². The van der Waals surface area contributed by atoms with Crippen LogP contribution in [0.2, 0.25) is 0 Å². The van der Waals surface area contributed by atoms with Gasteiger partial charge in [0.1, 0.15) is 0 Å². The van der Waals surface area contributed by atoms with Gasteiger partial charge in [0, 0.05) is 42.6 Å². The van der Waals surface area contributed by atoms with Gasteiger partial charge in [-0.15, -0.1) is 13.2 Å². The van der Waals surface area contributed by atoms with Gasteiger partial charge in [0.25, 0.3) is 11.8 Å². The van der Waals surface area contributed by atoms with Crippen LogP contribution in [0.5, 0.6) is 0 Å². The fourth-order valence-corrected chi connectivity index (χ4v) is 3.42. The second-order valence-electron chi connectivity index (χ2n) is 6.45. The number of nitrogens with zero attached hydrogens (tertiary/aromatic N) is 2.